The number of aliphatic hydroxyl groups is 1. The van der Waals surface area contributed by atoms with E-state index in [4.69, 9.17) is 4.74 Å². The molecule has 0 aromatic heterocycles. The Morgan fingerprint density at radius 3 is 2.48 bits per heavy atom. The van der Waals surface area contributed by atoms with Gasteiger partial charge in [-0.25, -0.2) is 0 Å². The highest BCUT2D eigenvalue weighted by Gasteiger charge is 2.14. The summed E-state index contributed by atoms with van der Waals surface area (Å²) in [5.74, 6) is 0.812. The Bertz CT molecular complexity index is 610. The van der Waals surface area contributed by atoms with Crippen molar-refractivity contribution < 1.29 is 9.84 Å². The van der Waals surface area contributed by atoms with Gasteiger partial charge in [0, 0.05) is 13.6 Å². The maximum absolute atomic E-state index is 10.4. The maximum Gasteiger partial charge on any atom is 0.142 e. The minimum atomic E-state index is -0.529. The molecule has 1 atom stereocenters. The van der Waals surface area contributed by atoms with E-state index in [0.717, 1.165) is 17.0 Å². The van der Waals surface area contributed by atoms with Crippen LogP contribution in [-0.4, -0.2) is 25.8 Å². The highest BCUT2D eigenvalue weighted by molar-refractivity contribution is 5.58. The number of anilines is 1. The van der Waals surface area contributed by atoms with Crippen LogP contribution in [0.3, 0.4) is 0 Å². The van der Waals surface area contributed by atoms with Crippen LogP contribution in [0.4, 0.5) is 5.69 Å². The first-order valence-electron chi connectivity index (χ1n) is 7.12. The minimum absolute atomic E-state index is 0.517. The molecule has 2 rings (SSSR count). The Hall–Kier alpha value is -2.00. The number of nitrogens with zero attached hydrogens (tertiary/aromatic N) is 1. The molecule has 0 bridgehead atoms. The van der Waals surface area contributed by atoms with Gasteiger partial charge in [-0.3, -0.25) is 0 Å². The van der Waals surface area contributed by atoms with Crippen molar-refractivity contribution in [3.05, 3.63) is 59.2 Å². The number of para-hydroxylation sites is 2. The molecular formula is C18H23NO2. The predicted molar refractivity (Wildman–Crippen MR) is 87.1 cm³/mol. The average molecular weight is 285 g/mol. The molecule has 3 nitrogen and oxygen atoms in total. The standard InChI is InChI=1S/C18H23NO2/c1-13-9-10-15(11-14(13)2)17(20)12-19(3)16-7-5-6-8-18(16)21-4/h5-11,17,20H,12H2,1-4H3. The molecule has 0 amide bonds. The van der Waals surface area contributed by atoms with E-state index >= 15 is 0 Å². The molecule has 0 fully saturated rings. The van der Waals surface area contributed by atoms with Crippen LogP contribution in [0.2, 0.25) is 0 Å². The number of aryl methyl sites for hydroxylation is 2. The zero-order valence-corrected chi connectivity index (χ0v) is 13.1. The molecule has 0 heterocycles. The van der Waals surface area contributed by atoms with Crippen molar-refractivity contribution in [2.45, 2.75) is 20.0 Å². The van der Waals surface area contributed by atoms with Crippen molar-refractivity contribution in [2.75, 3.05) is 25.6 Å². The van der Waals surface area contributed by atoms with Gasteiger partial charge < -0.3 is 14.7 Å². The van der Waals surface area contributed by atoms with Crippen molar-refractivity contribution in [2.24, 2.45) is 0 Å². The number of ether oxygens (including phenoxy) is 1. The first-order valence-corrected chi connectivity index (χ1v) is 7.12. The topological polar surface area (TPSA) is 32.7 Å². The van der Waals surface area contributed by atoms with Gasteiger partial charge in [0.15, 0.2) is 0 Å². The van der Waals surface area contributed by atoms with Gasteiger partial charge in [0.05, 0.1) is 18.9 Å². The van der Waals surface area contributed by atoms with Crippen LogP contribution in [-0.2, 0) is 0 Å². The summed E-state index contributed by atoms with van der Waals surface area (Å²) in [6, 6.07) is 13.9. The lowest BCUT2D eigenvalue weighted by Gasteiger charge is -2.25. The number of rotatable bonds is 5. The second-order valence-electron chi connectivity index (χ2n) is 5.41. The summed E-state index contributed by atoms with van der Waals surface area (Å²) in [6.45, 7) is 4.66. The van der Waals surface area contributed by atoms with Crippen molar-refractivity contribution in [1.82, 2.24) is 0 Å². The fourth-order valence-corrected chi connectivity index (χ4v) is 2.38. The molecule has 2 aromatic carbocycles. The molecule has 1 N–H and O–H groups in total. The fraction of sp³-hybridized carbons (Fsp3) is 0.333. The smallest absolute Gasteiger partial charge is 0.142 e. The van der Waals surface area contributed by atoms with Gasteiger partial charge in [0.25, 0.3) is 0 Å². The molecule has 0 aliphatic carbocycles. The summed E-state index contributed by atoms with van der Waals surface area (Å²) in [7, 11) is 3.62. The molecule has 112 valence electrons. The normalized spacial score (nSPS) is 12.0. The van der Waals surface area contributed by atoms with Crippen LogP contribution in [0.25, 0.3) is 0 Å². The molecule has 0 spiro atoms. The first kappa shape index (κ1) is 15.4. The Morgan fingerprint density at radius 2 is 1.81 bits per heavy atom. The quantitative estimate of drug-likeness (QED) is 0.913. The van der Waals surface area contributed by atoms with E-state index in [1.807, 2.05) is 42.3 Å². The number of likely N-dealkylation sites (N-methyl/N-ethyl adjacent to an activating group) is 1. The molecule has 1 unspecified atom stereocenters. The molecule has 0 aliphatic heterocycles. The highest BCUT2D eigenvalue weighted by Crippen LogP contribution is 2.28. The summed E-state index contributed by atoms with van der Waals surface area (Å²) in [6.07, 6.45) is -0.529. The molecule has 2 aromatic rings. The van der Waals surface area contributed by atoms with Gasteiger partial charge in [0.1, 0.15) is 5.75 Å². The lowest BCUT2D eigenvalue weighted by Crippen LogP contribution is -2.24. The number of hydrogen-bond acceptors (Lipinski definition) is 3. The largest absolute Gasteiger partial charge is 0.495 e. The van der Waals surface area contributed by atoms with Gasteiger partial charge in [-0.05, 0) is 42.7 Å². The average Bonchev–Trinajstić information content (AvgIpc) is 2.49. The van der Waals surface area contributed by atoms with E-state index in [-0.39, 0.29) is 0 Å². The minimum Gasteiger partial charge on any atom is -0.495 e. The molecule has 0 aliphatic rings. The summed E-state index contributed by atoms with van der Waals surface area (Å²) in [5.41, 5.74) is 4.36. The van der Waals surface area contributed by atoms with Crippen molar-refractivity contribution in [3.8, 4) is 5.75 Å². The molecule has 21 heavy (non-hydrogen) atoms. The second kappa shape index (κ2) is 6.64. The Morgan fingerprint density at radius 1 is 1.10 bits per heavy atom. The van der Waals surface area contributed by atoms with Crippen LogP contribution in [0.1, 0.15) is 22.8 Å². The van der Waals surface area contributed by atoms with Crippen molar-refractivity contribution in [1.29, 1.82) is 0 Å². The summed E-state index contributed by atoms with van der Waals surface area (Å²) < 4.78 is 5.37. The van der Waals surface area contributed by atoms with E-state index in [0.29, 0.717) is 6.54 Å². The van der Waals surface area contributed by atoms with Gasteiger partial charge in [-0.2, -0.15) is 0 Å². The lowest BCUT2D eigenvalue weighted by atomic mass is 10.0. The van der Waals surface area contributed by atoms with Crippen LogP contribution >= 0.6 is 0 Å². The third-order valence-electron chi connectivity index (χ3n) is 3.86. The second-order valence-corrected chi connectivity index (χ2v) is 5.41. The first-order chi connectivity index (χ1) is 10.0. The fourth-order valence-electron chi connectivity index (χ4n) is 2.38. The van der Waals surface area contributed by atoms with Gasteiger partial charge in [0.2, 0.25) is 0 Å². The summed E-state index contributed by atoms with van der Waals surface area (Å²) in [4.78, 5) is 2.01. The number of methoxy groups -OCH3 is 1. The third kappa shape index (κ3) is 3.56. The highest BCUT2D eigenvalue weighted by atomic mass is 16.5. The zero-order valence-electron chi connectivity index (χ0n) is 13.1. The zero-order chi connectivity index (χ0) is 15.4. The van der Waals surface area contributed by atoms with Gasteiger partial charge >= 0.3 is 0 Å². The third-order valence-corrected chi connectivity index (χ3v) is 3.86. The van der Waals surface area contributed by atoms with E-state index in [1.54, 1.807) is 7.11 Å². The molecular weight excluding hydrogens is 262 g/mol. The van der Waals surface area contributed by atoms with Crippen LogP contribution in [0.5, 0.6) is 5.75 Å². The molecule has 0 saturated heterocycles. The molecule has 3 heteroatoms. The van der Waals surface area contributed by atoms with Crippen LogP contribution in [0, 0.1) is 13.8 Å². The molecule has 0 radical (unpaired) electrons. The maximum atomic E-state index is 10.4. The summed E-state index contributed by atoms with van der Waals surface area (Å²) >= 11 is 0. The lowest BCUT2D eigenvalue weighted by molar-refractivity contribution is 0.184. The van der Waals surface area contributed by atoms with Crippen molar-refractivity contribution >= 4 is 5.69 Å². The number of aliphatic hydroxyl groups excluding tert-OH is 1. The van der Waals surface area contributed by atoms with E-state index < -0.39 is 6.10 Å². The van der Waals surface area contributed by atoms with Gasteiger partial charge in [-0.1, -0.05) is 30.3 Å². The number of hydrogen-bond donors (Lipinski definition) is 1. The predicted octanol–water partition coefficient (Wildman–Crippen LogP) is 3.48. The van der Waals surface area contributed by atoms with E-state index in [2.05, 4.69) is 26.0 Å². The Kier molecular flexibility index (Phi) is 4.86. The van der Waals surface area contributed by atoms with E-state index in [9.17, 15) is 5.11 Å². The molecule has 0 saturated carbocycles. The number of benzene rings is 2. The Labute approximate surface area is 126 Å². The monoisotopic (exact) mass is 285 g/mol. The van der Waals surface area contributed by atoms with E-state index in [1.165, 1.54) is 11.1 Å². The van der Waals surface area contributed by atoms with Gasteiger partial charge in [-0.15, -0.1) is 0 Å². The SMILES string of the molecule is COc1ccccc1N(C)CC(O)c1ccc(C)c(C)c1. The van der Waals surface area contributed by atoms with Crippen LogP contribution in [0.15, 0.2) is 42.5 Å². The van der Waals surface area contributed by atoms with Crippen LogP contribution < -0.4 is 9.64 Å². The Balaban J connectivity index is 2.14. The van der Waals surface area contributed by atoms with Crippen molar-refractivity contribution in [3.63, 3.8) is 0 Å². The summed E-state index contributed by atoms with van der Waals surface area (Å²) in [5, 5.41) is 10.4.